The van der Waals surface area contributed by atoms with Crippen LogP contribution in [-0.4, -0.2) is 9.55 Å². The van der Waals surface area contributed by atoms with Crippen LogP contribution in [-0.2, 0) is 13.0 Å². The molecule has 0 bridgehead atoms. The molecule has 0 aliphatic carbocycles. The van der Waals surface area contributed by atoms with Gasteiger partial charge in [-0.1, -0.05) is 36.4 Å². The van der Waals surface area contributed by atoms with Gasteiger partial charge in [0.05, 0.1) is 11.0 Å². The van der Waals surface area contributed by atoms with E-state index in [-0.39, 0.29) is 0 Å². The molecule has 0 radical (unpaired) electrons. The van der Waals surface area contributed by atoms with E-state index in [2.05, 4.69) is 60.0 Å². The Bertz CT molecular complexity index is 756. The van der Waals surface area contributed by atoms with Gasteiger partial charge in [0.2, 0.25) is 0 Å². The van der Waals surface area contributed by atoms with E-state index in [1.165, 1.54) is 28.9 Å². The lowest BCUT2D eigenvalue weighted by Gasteiger charge is -2.24. The molecule has 1 aromatic heterocycles. The first-order valence-electron chi connectivity index (χ1n) is 7.32. The monoisotopic (exact) mass is 262 g/mol. The third-order valence-corrected chi connectivity index (χ3v) is 4.37. The number of rotatable bonds is 1. The fraction of sp³-hybridized carbons (Fsp3) is 0.278. The van der Waals surface area contributed by atoms with Crippen LogP contribution in [0.2, 0.25) is 0 Å². The summed E-state index contributed by atoms with van der Waals surface area (Å²) in [7, 11) is 0. The highest BCUT2D eigenvalue weighted by Gasteiger charge is 2.22. The van der Waals surface area contributed by atoms with E-state index in [1.807, 2.05) is 0 Å². The molecule has 0 amide bonds. The highest BCUT2D eigenvalue weighted by atomic mass is 15.1. The normalized spacial score (nSPS) is 18.1. The van der Waals surface area contributed by atoms with Crippen LogP contribution >= 0.6 is 0 Å². The average Bonchev–Trinajstić information content (AvgIpc) is 2.84. The molecule has 1 atom stereocenters. The van der Waals surface area contributed by atoms with E-state index in [4.69, 9.17) is 4.98 Å². The standard InChI is InChI=1S/C18H18N2/c1-13-7-9-17-16(11-13)19-18-10-8-15(12-20(17)18)14-5-3-2-4-6-14/h2-7,9,11,15H,8,10,12H2,1H3. The summed E-state index contributed by atoms with van der Waals surface area (Å²) in [5, 5.41) is 0. The summed E-state index contributed by atoms with van der Waals surface area (Å²) in [6.07, 6.45) is 2.28. The first-order valence-corrected chi connectivity index (χ1v) is 7.32. The Morgan fingerprint density at radius 3 is 2.80 bits per heavy atom. The van der Waals surface area contributed by atoms with Crippen LogP contribution in [0.1, 0.15) is 29.3 Å². The van der Waals surface area contributed by atoms with Crippen molar-refractivity contribution < 1.29 is 0 Å². The van der Waals surface area contributed by atoms with Gasteiger partial charge >= 0.3 is 0 Å². The third kappa shape index (κ3) is 1.83. The molecule has 0 N–H and O–H groups in total. The topological polar surface area (TPSA) is 17.8 Å². The zero-order valence-electron chi connectivity index (χ0n) is 11.7. The molecule has 3 aromatic rings. The summed E-state index contributed by atoms with van der Waals surface area (Å²) in [5.74, 6) is 1.86. The number of aromatic nitrogens is 2. The van der Waals surface area contributed by atoms with Gasteiger partial charge in [0.25, 0.3) is 0 Å². The second kappa shape index (κ2) is 4.48. The highest BCUT2D eigenvalue weighted by Crippen LogP contribution is 2.31. The second-order valence-electron chi connectivity index (χ2n) is 5.78. The zero-order chi connectivity index (χ0) is 13.5. The molecule has 2 heteroatoms. The fourth-order valence-electron chi connectivity index (χ4n) is 3.30. The van der Waals surface area contributed by atoms with Crippen LogP contribution in [0.15, 0.2) is 48.5 Å². The Labute approximate surface area is 119 Å². The quantitative estimate of drug-likeness (QED) is 0.646. The number of fused-ring (bicyclic) bond motifs is 3. The molecule has 2 aromatic carbocycles. The SMILES string of the molecule is Cc1ccc2c(c1)nc1n2CC(c2ccccc2)CC1. The number of benzene rings is 2. The van der Waals surface area contributed by atoms with Crippen molar-refractivity contribution in [3.8, 4) is 0 Å². The Morgan fingerprint density at radius 2 is 1.95 bits per heavy atom. The maximum absolute atomic E-state index is 4.81. The lowest BCUT2D eigenvalue weighted by molar-refractivity contribution is 0.464. The maximum atomic E-state index is 4.81. The van der Waals surface area contributed by atoms with Crippen molar-refractivity contribution in [3.05, 3.63) is 65.5 Å². The Kier molecular flexibility index (Phi) is 2.62. The van der Waals surface area contributed by atoms with Gasteiger partial charge in [-0.05, 0) is 36.6 Å². The largest absolute Gasteiger partial charge is 0.327 e. The van der Waals surface area contributed by atoms with Crippen molar-refractivity contribution in [2.75, 3.05) is 0 Å². The van der Waals surface area contributed by atoms with E-state index in [0.29, 0.717) is 5.92 Å². The Hall–Kier alpha value is -2.09. The molecular formula is C18H18N2. The van der Waals surface area contributed by atoms with E-state index < -0.39 is 0 Å². The first-order chi connectivity index (χ1) is 9.81. The van der Waals surface area contributed by atoms with Crippen LogP contribution in [0.5, 0.6) is 0 Å². The Balaban J connectivity index is 1.77. The third-order valence-electron chi connectivity index (χ3n) is 4.37. The van der Waals surface area contributed by atoms with E-state index >= 15 is 0 Å². The van der Waals surface area contributed by atoms with Gasteiger partial charge in [-0.3, -0.25) is 0 Å². The summed E-state index contributed by atoms with van der Waals surface area (Å²) < 4.78 is 2.41. The summed E-state index contributed by atoms with van der Waals surface area (Å²) >= 11 is 0. The molecule has 1 unspecified atom stereocenters. The van der Waals surface area contributed by atoms with Gasteiger partial charge < -0.3 is 4.57 Å². The summed E-state index contributed by atoms with van der Waals surface area (Å²) in [6, 6.07) is 17.5. The van der Waals surface area contributed by atoms with Crippen molar-refractivity contribution in [1.82, 2.24) is 9.55 Å². The van der Waals surface area contributed by atoms with E-state index in [9.17, 15) is 0 Å². The van der Waals surface area contributed by atoms with Gasteiger partial charge in [0.15, 0.2) is 0 Å². The number of hydrogen-bond acceptors (Lipinski definition) is 1. The van der Waals surface area contributed by atoms with Crippen molar-refractivity contribution in [2.45, 2.75) is 32.2 Å². The zero-order valence-corrected chi connectivity index (χ0v) is 11.7. The van der Waals surface area contributed by atoms with Gasteiger partial charge in [-0.25, -0.2) is 4.98 Å². The van der Waals surface area contributed by atoms with Crippen LogP contribution in [0.4, 0.5) is 0 Å². The van der Waals surface area contributed by atoms with Gasteiger partial charge in [0.1, 0.15) is 5.82 Å². The number of aryl methyl sites for hydroxylation is 2. The molecular weight excluding hydrogens is 244 g/mol. The lowest BCUT2D eigenvalue weighted by atomic mass is 9.91. The second-order valence-corrected chi connectivity index (χ2v) is 5.78. The summed E-state index contributed by atoms with van der Waals surface area (Å²) in [4.78, 5) is 4.81. The van der Waals surface area contributed by atoms with Crippen LogP contribution in [0.25, 0.3) is 11.0 Å². The number of imidazole rings is 1. The lowest BCUT2D eigenvalue weighted by Crippen LogP contribution is -2.18. The molecule has 0 saturated heterocycles. The van der Waals surface area contributed by atoms with Crippen molar-refractivity contribution in [1.29, 1.82) is 0 Å². The van der Waals surface area contributed by atoms with Gasteiger partial charge in [-0.15, -0.1) is 0 Å². The van der Waals surface area contributed by atoms with E-state index in [0.717, 1.165) is 18.5 Å². The van der Waals surface area contributed by atoms with Crippen LogP contribution < -0.4 is 0 Å². The van der Waals surface area contributed by atoms with Crippen molar-refractivity contribution >= 4 is 11.0 Å². The summed E-state index contributed by atoms with van der Waals surface area (Å²) in [5.41, 5.74) is 5.17. The molecule has 1 aliphatic heterocycles. The van der Waals surface area contributed by atoms with Gasteiger partial charge in [0, 0.05) is 18.9 Å². The first kappa shape index (κ1) is 11.7. The smallest absolute Gasteiger partial charge is 0.109 e. The predicted molar refractivity (Wildman–Crippen MR) is 82.0 cm³/mol. The molecule has 2 heterocycles. The number of nitrogens with zero attached hydrogens (tertiary/aromatic N) is 2. The predicted octanol–water partition coefficient (Wildman–Crippen LogP) is 4.07. The molecule has 0 saturated carbocycles. The number of hydrogen-bond donors (Lipinski definition) is 0. The Morgan fingerprint density at radius 1 is 1.10 bits per heavy atom. The molecule has 1 aliphatic rings. The van der Waals surface area contributed by atoms with Crippen LogP contribution in [0, 0.1) is 6.92 Å². The molecule has 20 heavy (non-hydrogen) atoms. The van der Waals surface area contributed by atoms with E-state index in [1.54, 1.807) is 0 Å². The fourth-order valence-corrected chi connectivity index (χ4v) is 3.30. The van der Waals surface area contributed by atoms with Crippen LogP contribution in [0.3, 0.4) is 0 Å². The molecule has 0 spiro atoms. The highest BCUT2D eigenvalue weighted by molar-refractivity contribution is 5.77. The molecule has 4 rings (SSSR count). The average molecular weight is 262 g/mol. The minimum absolute atomic E-state index is 0.613. The molecule has 2 nitrogen and oxygen atoms in total. The van der Waals surface area contributed by atoms with Gasteiger partial charge in [-0.2, -0.15) is 0 Å². The minimum Gasteiger partial charge on any atom is -0.327 e. The van der Waals surface area contributed by atoms with Crippen molar-refractivity contribution in [3.63, 3.8) is 0 Å². The molecule has 0 fully saturated rings. The summed E-state index contributed by atoms with van der Waals surface area (Å²) in [6.45, 7) is 3.18. The molecule has 100 valence electrons. The van der Waals surface area contributed by atoms with Crippen molar-refractivity contribution in [2.24, 2.45) is 0 Å². The minimum atomic E-state index is 0.613. The maximum Gasteiger partial charge on any atom is 0.109 e.